The van der Waals surface area contributed by atoms with Crippen LogP contribution in [0.25, 0.3) is 0 Å². The number of rotatable bonds is 3. The molecule has 23 heavy (non-hydrogen) atoms. The molecule has 1 aliphatic rings. The molecule has 1 heterocycles. The molecule has 1 amide bonds. The second kappa shape index (κ2) is 5.32. The molecule has 118 valence electrons. The van der Waals surface area contributed by atoms with Crippen molar-refractivity contribution in [3.8, 4) is 0 Å². The molecule has 3 rings (SSSR count). The second-order valence-corrected chi connectivity index (χ2v) is 6.23. The summed E-state index contributed by atoms with van der Waals surface area (Å²) in [6.45, 7) is 5.72. The maximum atomic E-state index is 12.8. The maximum absolute atomic E-state index is 12.8. The van der Waals surface area contributed by atoms with E-state index in [2.05, 4.69) is 5.32 Å². The third kappa shape index (κ3) is 2.45. The number of aryl methyl sites for hydroxylation is 3. The average molecular weight is 309 g/mol. The zero-order valence-electron chi connectivity index (χ0n) is 13.4. The molecule has 0 bridgehead atoms. The monoisotopic (exact) mass is 309 g/mol. The van der Waals surface area contributed by atoms with Gasteiger partial charge in [0.1, 0.15) is 0 Å². The van der Waals surface area contributed by atoms with Gasteiger partial charge in [-0.1, -0.05) is 35.9 Å². The molecular formula is C19H19NO3. The van der Waals surface area contributed by atoms with Crippen LogP contribution >= 0.6 is 0 Å². The van der Waals surface area contributed by atoms with Gasteiger partial charge in [-0.05, 0) is 38.0 Å². The van der Waals surface area contributed by atoms with E-state index in [-0.39, 0.29) is 12.2 Å². The highest BCUT2D eigenvalue weighted by Gasteiger charge is 2.46. The first-order chi connectivity index (χ1) is 10.8. The lowest BCUT2D eigenvalue weighted by Gasteiger charge is -2.21. The van der Waals surface area contributed by atoms with Crippen molar-refractivity contribution in [2.45, 2.75) is 32.8 Å². The number of fused-ring (bicyclic) bond motifs is 1. The summed E-state index contributed by atoms with van der Waals surface area (Å²) < 4.78 is 0. The quantitative estimate of drug-likeness (QED) is 0.857. The Morgan fingerprint density at radius 2 is 1.74 bits per heavy atom. The number of para-hydroxylation sites is 1. The highest BCUT2D eigenvalue weighted by Crippen LogP contribution is 2.39. The van der Waals surface area contributed by atoms with Gasteiger partial charge in [0.05, 0.1) is 6.42 Å². The Hall–Kier alpha value is -2.46. The summed E-state index contributed by atoms with van der Waals surface area (Å²) in [5.41, 5.74) is 2.61. The number of benzene rings is 2. The molecule has 0 radical (unpaired) electrons. The molecule has 0 aromatic heterocycles. The van der Waals surface area contributed by atoms with E-state index in [4.69, 9.17) is 0 Å². The molecule has 0 aliphatic carbocycles. The lowest BCUT2D eigenvalue weighted by molar-refractivity contribution is -0.133. The van der Waals surface area contributed by atoms with Crippen molar-refractivity contribution >= 4 is 17.4 Å². The van der Waals surface area contributed by atoms with Gasteiger partial charge >= 0.3 is 0 Å². The largest absolute Gasteiger partial charge is 0.375 e. The number of hydrogen-bond donors (Lipinski definition) is 2. The number of nitrogens with one attached hydrogen (secondary N) is 1. The highest BCUT2D eigenvalue weighted by atomic mass is 16.3. The van der Waals surface area contributed by atoms with E-state index in [0.29, 0.717) is 16.8 Å². The molecule has 1 atom stereocenters. The number of anilines is 1. The summed E-state index contributed by atoms with van der Waals surface area (Å²) >= 11 is 0. The van der Waals surface area contributed by atoms with Crippen LogP contribution in [0.1, 0.15) is 39.0 Å². The zero-order chi connectivity index (χ0) is 16.8. The third-order valence-corrected chi connectivity index (χ3v) is 4.37. The van der Waals surface area contributed by atoms with Gasteiger partial charge in [-0.25, -0.2) is 0 Å². The van der Waals surface area contributed by atoms with Crippen LogP contribution in [0.5, 0.6) is 0 Å². The number of amides is 1. The van der Waals surface area contributed by atoms with Gasteiger partial charge < -0.3 is 10.4 Å². The summed E-state index contributed by atoms with van der Waals surface area (Å²) in [7, 11) is 0. The van der Waals surface area contributed by atoms with E-state index in [1.165, 1.54) is 0 Å². The minimum Gasteiger partial charge on any atom is -0.375 e. The van der Waals surface area contributed by atoms with E-state index in [0.717, 1.165) is 16.7 Å². The van der Waals surface area contributed by atoms with Crippen LogP contribution in [0.15, 0.2) is 36.4 Å². The lowest BCUT2D eigenvalue weighted by Crippen LogP contribution is -2.36. The molecule has 0 fully saturated rings. The normalized spacial score (nSPS) is 19.4. The molecule has 2 aromatic carbocycles. The average Bonchev–Trinajstić information content (AvgIpc) is 2.69. The van der Waals surface area contributed by atoms with E-state index >= 15 is 0 Å². The number of aliphatic hydroxyl groups is 1. The van der Waals surface area contributed by atoms with Crippen molar-refractivity contribution in [1.29, 1.82) is 0 Å². The second-order valence-electron chi connectivity index (χ2n) is 6.23. The van der Waals surface area contributed by atoms with Crippen LogP contribution in [-0.4, -0.2) is 16.8 Å². The van der Waals surface area contributed by atoms with E-state index in [1.54, 1.807) is 24.3 Å². The van der Waals surface area contributed by atoms with Gasteiger partial charge in [0.25, 0.3) is 5.91 Å². The molecule has 0 saturated carbocycles. The highest BCUT2D eigenvalue weighted by molar-refractivity contribution is 6.10. The fourth-order valence-corrected chi connectivity index (χ4v) is 3.42. The minimum absolute atomic E-state index is 0.227. The van der Waals surface area contributed by atoms with Gasteiger partial charge in [-0.2, -0.15) is 0 Å². The van der Waals surface area contributed by atoms with Crippen LogP contribution in [0.2, 0.25) is 0 Å². The number of hydrogen-bond acceptors (Lipinski definition) is 3. The summed E-state index contributed by atoms with van der Waals surface area (Å²) in [4.78, 5) is 25.0. The van der Waals surface area contributed by atoms with Gasteiger partial charge in [0, 0.05) is 16.8 Å². The van der Waals surface area contributed by atoms with Crippen molar-refractivity contribution in [3.05, 3.63) is 64.2 Å². The fraction of sp³-hybridized carbons (Fsp3) is 0.263. The number of Topliss-reactive ketones (excluding diaryl/α,β-unsaturated/α-hetero) is 1. The third-order valence-electron chi connectivity index (χ3n) is 4.37. The molecule has 2 N–H and O–H groups in total. The minimum atomic E-state index is -1.81. The lowest BCUT2D eigenvalue weighted by atomic mass is 9.85. The van der Waals surface area contributed by atoms with E-state index in [1.807, 2.05) is 32.9 Å². The first-order valence-corrected chi connectivity index (χ1v) is 7.57. The van der Waals surface area contributed by atoms with Crippen LogP contribution in [-0.2, 0) is 10.4 Å². The first-order valence-electron chi connectivity index (χ1n) is 7.57. The van der Waals surface area contributed by atoms with Gasteiger partial charge in [0.15, 0.2) is 11.4 Å². The van der Waals surface area contributed by atoms with Gasteiger partial charge in [-0.3, -0.25) is 9.59 Å². The number of carbonyl (C=O) groups excluding carboxylic acids is 2. The van der Waals surface area contributed by atoms with Gasteiger partial charge in [-0.15, -0.1) is 0 Å². The van der Waals surface area contributed by atoms with Crippen molar-refractivity contribution in [1.82, 2.24) is 0 Å². The molecular weight excluding hydrogens is 290 g/mol. The van der Waals surface area contributed by atoms with Crippen LogP contribution in [0, 0.1) is 20.8 Å². The first kappa shape index (κ1) is 15.4. The molecule has 0 spiro atoms. The van der Waals surface area contributed by atoms with Crippen LogP contribution < -0.4 is 5.32 Å². The predicted molar refractivity (Wildman–Crippen MR) is 88.6 cm³/mol. The van der Waals surface area contributed by atoms with Crippen molar-refractivity contribution in [2.75, 3.05) is 5.32 Å². The van der Waals surface area contributed by atoms with Crippen LogP contribution in [0.3, 0.4) is 0 Å². The summed E-state index contributed by atoms with van der Waals surface area (Å²) in [5.74, 6) is -0.774. The van der Waals surface area contributed by atoms with Crippen molar-refractivity contribution < 1.29 is 14.7 Å². The van der Waals surface area contributed by atoms with E-state index < -0.39 is 11.5 Å². The maximum Gasteiger partial charge on any atom is 0.261 e. The Kier molecular flexibility index (Phi) is 3.57. The summed E-state index contributed by atoms with van der Waals surface area (Å²) in [5, 5.41) is 13.5. The molecule has 0 saturated heterocycles. The summed E-state index contributed by atoms with van der Waals surface area (Å²) in [6.07, 6.45) is -0.263. The van der Waals surface area contributed by atoms with E-state index in [9.17, 15) is 14.7 Å². The van der Waals surface area contributed by atoms with Crippen molar-refractivity contribution in [2.24, 2.45) is 0 Å². The standard InChI is InChI=1S/C19H19NO3/c1-11-8-12(2)17(13(3)9-11)16(21)10-19(23)14-6-4-5-7-15(14)20-18(19)22/h4-9,23H,10H2,1-3H3,(H,20,22). The van der Waals surface area contributed by atoms with Crippen LogP contribution in [0.4, 0.5) is 5.69 Å². The molecule has 1 aliphatic heterocycles. The Morgan fingerprint density at radius 1 is 1.13 bits per heavy atom. The Balaban J connectivity index is 1.99. The fourth-order valence-electron chi connectivity index (χ4n) is 3.42. The Bertz CT molecular complexity index is 802. The molecule has 4 heteroatoms. The van der Waals surface area contributed by atoms with Crippen molar-refractivity contribution in [3.63, 3.8) is 0 Å². The summed E-state index contributed by atoms with van der Waals surface area (Å²) in [6, 6.07) is 10.8. The molecule has 4 nitrogen and oxygen atoms in total. The number of carbonyl (C=O) groups is 2. The topological polar surface area (TPSA) is 66.4 Å². The Labute approximate surface area is 135 Å². The smallest absolute Gasteiger partial charge is 0.261 e. The SMILES string of the molecule is Cc1cc(C)c(C(=O)CC2(O)C(=O)Nc3ccccc32)c(C)c1. The number of ketones is 1. The molecule has 1 unspecified atom stereocenters. The Morgan fingerprint density at radius 3 is 2.39 bits per heavy atom. The molecule has 2 aromatic rings. The zero-order valence-corrected chi connectivity index (χ0v) is 13.4. The predicted octanol–water partition coefficient (Wildman–Crippen LogP) is 3.02. The van der Waals surface area contributed by atoms with Gasteiger partial charge in [0.2, 0.25) is 0 Å².